The van der Waals surface area contributed by atoms with E-state index in [4.69, 9.17) is 0 Å². The van der Waals surface area contributed by atoms with Crippen molar-refractivity contribution in [3.05, 3.63) is 71.0 Å². The number of rotatable bonds is 4. The maximum absolute atomic E-state index is 4.54. The first-order chi connectivity index (χ1) is 13.3. The number of anilines is 1. The Balaban J connectivity index is 1.62. The first-order valence-corrected chi connectivity index (χ1v) is 10.00. The number of benzene rings is 2. The Labute approximate surface area is 160 Å². The van der Waals surface area contributed by atoms with Gasteiger partial charge in [-0.2, -0.15) is 0 Å². The Morgan fingerprint density at radius 2 is 1.78 bits per heavy atom. The lowest BCUT2D eigenvalue weighted by Crippen LogP contribution is -2.31. The second kappa shape index (κ2) is 6.80. The number of hydrogen-bond donors (Lipinski definition) is 0. The maximum atomic E-state index is 4.54. The van der Waals surface area contributed by atoms with Gasteiger partial charge in [0.05, 0.1) is 6.04 Å². The van der Waals surface area contributed by atoms with Crippen LogP contribution in [0.4, 0.5) is 5.69 Å². The minimum absolute atomic E-state index is 0.0462. The molecule has 2 aromatic carbocycles. The van der Waals surface area contributed by atoms with Crippen LogP contribution in [0.25, 0.3) is 0 Å². The molecular formula is C22H25N5. The predicted octanol–water partition coefficient (Wildman–Crippen LogP) is 4.25. The van der Waals surface area contributed by atoms with Gasteiger partial charge in [-0.05, 0) is 53.8 Å². The van der Waals surface area contributed by atoms with Gasteiger partial charge in [0.1, 0.15) is 6.04 Å². The van der Waals surface area contributed by atoms with Crippen LogP contribution in [0.2, 0.25) is 0 Å². The van der Waals surface area contributed by atoms with Gasteiger partial charge in [0, 0.05) is 12.2 Å². The topological polar surface area (TPSA) is 46.8 Å². The van der Waals surface area contributed by atoms with Crippen LogP contribution >= 0.6 is 0 Å². The first kappa shape index (κ1) is 16.5. The molecule has 5 heteroatoms. The van der Waals surface area contributed by atoms with Gasteiger partial charge in [-0.1, -0.05) is 60.9 Å². The van der Waals surface area contributed by atoms with Crippen molar-refractivity contribution in [3.63, 3.8) is 0 Å². The quantitative estimate of drug-likeness (QED) is 0.699. The Hall–Kier alpha value is -2.69. The summed E-state index contributed by atoms with van der Waals surface area (Å²) in [6.45, 7) is 3.13. The number of nitrogens with zero attached hydrogens (tertiary/aromatic N) is 5. The summed E-state index contributed by atoms with van der Waals surface area (Å²) >= 11 is 0. The summed E-state index contributed by atoms with van der Waals surface area (Å²) in [4.78, 5) is 2.48. The highest BCUT2D eigenvalue weighted by Crippen LogP contribution is 2.39. The van der Waals surface area contributed by atoms with Crippen molar-refractivity contribution in [1.29, 1.82) is 0 Å². The highest BCUT2D eigenvalue weighted by molar-refractivity contribution is 5.60. The molecule has 5 rings (SSSR count). The van der Waals surface area contributed by atoms with E-state index in [0.717, 1.165) is 18.8 Å². The molecule has 0 bridgehead atoms. The Morgan fingerprint density at radius 1 is 1.00 bits per heavy atom. The Morgan fingerprint density at radius 3 is 2.59 bits per heavy atom. The summed E-state index contributed by atoms with van der Waals surface area (Å²) in [6, 6.07) is 18.0. The fourth-order valence-electron chi connectivity index (χ4n) is 4.64. The molecule has 1 atom stereocenters. The summed E-state index contributed by atoms with van der Waals surface area (Å²) in [7, 11) is 0. The van der Waals surface area contributed by atoms with Crippen molar-refractivity contribution in [2.75, 3.05) is 11.4 Å². The third-order valence-electron chi connectivity index (χ3n) is 6.06. The molecule has 0 saturated heterocycles. The van der Waals surface area contributed by atoms with Gasteiger partial charge in [0.2, 0.25) is 0 Å². The second-order valence-corrected chi connectivity index (χ2v) is 7.81. The van der Waals surface area contributed by atoms with Gasteiger partial charge in [0.25, 0.3) is 0 Å². The molecule has 1 aromatic heterocycles. The summed E-state index contributed by atoms with van der Waals surface area (Å²) < 4.78 is 2.11. The van der Waals surface area contributed by atoms with E-state index in [1.165, 1.54) is 48.1 Å². The zero-order chi connectivity index (χ0) is 18.2. The van der Waals surface area contributed by atoms with Gasteiger partial charge >= 0.3 is 0 Å². The van der Waals surface area contributed by atoms with Gasteiger partial charge in [-0.3, -0.25) is 0 Å². The molecule has 2 aliphatic rings. The lowest BCUT2D eigenvalue weighted by atomic mass is 10.0. The Kier molecular flexibility index (Phi) is 4.15. The molecule has 3 aromatic rings. The van der Waals surface area contributed by atoms with E-state index in [1.54, 1.807) is 0 Å². The van der Waals surface area contributed by atoms with Crippen molar-refractivity contribution >= 4 is 5.69 Å². The van der Waals surface area contributed by atoms with Crippen molar-refractivity contribution in [2.24, 2.45) is 0 Å². The van der Waals surface area contributed by atoms with Crippen LogP contribution in [0, 0.1) is 6.92 Å². The summed E-state index contributed by atoms with van der Waals surface area (Å²) in [5.41, 5.74) is 5.25. The van der Waals surface area contributed by atoms with Gasteiger partial charge in [-0.15, -0.1) is 5.10 Å². The van der Waals surface area contributed by atoms with Crippen LogP contribution in [-0.2, 0) is 6.42 Å². The molecule has 0 N–H and O–H groups in total. The fourth-order valence-corrected chi connectivity index (χ4v) is 4.64. The van der Waals surface area contributed by atoms with E-state index in [9.17, 15) is 0 Å². The molecule has 27 heavy (non-hydrogen) atoms. The standard InChI is InChI=1S/C22H25N5/c1-16-10-12-18(13-11-16)21(26-15-14-17-6-2-5-9-20(17)26)22-23-24-25-27(22)19-7-3-4-8-19/h2,5-6,9-13,19,21H,3-4,7-8,14-15H2,1H3/t21-/m0/s1. The normalized spacial score (nSPS) is 18.0. The molecule has 1 aliphatic heterocycles. The van der Waals surface area contributed by atoms with Crippen molar-refractivity contribution < 1.29 is 0 Å². The lowest BCUT2D eigenvalue weighted by molar-refractivity contribution is 0.428. The van der Waals surface area contributed by atoms with E-state index in [2.05, 4.69) is 80.6 Å². The third-order valence-corrected chi connectivity index (χ3v) is 6.06. The maximum Gasteiger partial charge on any atom is 0.178 e. The van der Waals surface area contributed by atoms with E-state index in [-0.39, 0.29) is 6.04 Å². The minimum atomic E-state index is 0.0462. The van der Waals surface area contributed by atoms with Crippen LogP contribution in [0.1, 0.15) is 60.3 Å². The van der Waals surface area contributed by atoms with Crippen LogP contribution in [0.5, 0.6) is 0 Å². The smallest absolute Gasteiger partial charge is 0.178 e. The molecule has 0 radical (unpaired) electrons. The molecule has 0 spiro atoms. The third kappa shape index (κ3) is 2.91. The van der Waals surface area contributed by atoms with Crippen LogP contribution in [0.3, 0.4) is 0 Å². The van der Waals surface area contributed by atoms with E-state index in [0.29, 0.717) is 6.04 Å². The molecule has 0 amide bonds. The number of para-hydroxylation sites is 1. The molecule has 1 aliphatic carbocycles. The number of hydrogen-bond acceptors (Lipinski definition) is 4. The van der Waals surface area contributed by atoms with E-state index >= 15 is 0 Å². The average molecular weight is 359 g/mol. The van der Waals surface area contributed by atoms with Crippen molar-refractivity contribution in [2.45, 2.75) is 51.1 Å². The Bertz CT molecular complexity index is 924. The highest BCUT2D eigenvalue weighted by atomic mass is 15.6. The molecule has 1 saturated carbocycles. The largest absolute Gasteiger partial charge is 0.357 e. The minimum Gasteiger partial charge on any atom is -0.357 e. The summed E-state index contributed by atoms with van der Waals surface area (Å²) in [5, 5.41) is 13.1. The van der Waals surface area contributed by atoms with Gasteiger partial charge < -0.3 is 4.90 Å². The number of aryl methyl sites for hydroxylation is 1. The van der Waals surface area contributed by atoms with Gasteiger partial charge in [-0.25, -0.2) is 4.68 Å². The molecule has 2 heterocycles. The lowest BCUT2D eigenvalue weighted by Gasteiger charge is -2.30. The molecular weight excluding hydrogens is 334 g/mol. The second-order valence-electron chi connectivity index (χ2n) is 7.81. The van der Waals surface area contributed by atoms with Crippen molar-refractivity contribution in [1.82, 2.24) is 20.2 Å². The monoisotopic (exact) mass is 359 g/mol. The van der Waals surface area contributed by atoms with Crippen LogP contribution in [-0.4, -0.2) is 26.8 Å². The predicted molar refractivity (Wildman–Crippen MR) is 106 cm³/mol. The number of fused-ring (bicyclic) bond motifs is 1. The zero-order valence-electron chi connectivity index (χ0n) is 15.8. The molecule has 1 fully saturated rings. The van der Waals surface area contributed by atoms with Crippen molar-refractivity contribution in [3.8, 4) is 0 Å². The van der Waals surface area contributed by atoms with Crippen LogP contribution < -0.4 is 4.90 Å². The van der Waals surface area contributed by atoms with E-state index in [1.807, 2.05) is 0 Å². The fraction of sp³-hybridized carbons (Fsp3) is 0.409. The average Bonchev–Trinajstić information content (AvgIpc) is 3.45. The van der Waals surface area contributed by atoms with Crippen LogP contribution in [0.15, 0.2) is 48.5 Å². The number of aromatic nitrogens is 4. The summed E-state index contributed by atoms with van der Waals surface area (Å²) in [6.07, 6.45) is 5.96. The first-order valence-electron chi connectivity index (χ1n) is 10.00. The highest BCUT2D eigenvalue weighted by Gasteiger charge is 2.34. The van der Waals surface area contributed by atoms with Gasteiger partial charge in [0.15, 0.2) is 5.82 Å². The SMILES string of the molecule is Cc1ccc([C@@H](c2nnnn2C2CCCC2)N2CCc3ccccc32)cc1. The zero-order valence-corrected chi connectivity index (χ0v) is 15.8. The number of tetrazole rings is 1. The molecule has 138 valence electrons. The molecule has 0 unspecified atom stereocenters. The molecule has 5 nitrogen and oxygen atoms in total. The van der Waals surface area contributed by atoms with E-state index < -0.39 is 0 Å². The summed E-state index contributed by atoms with van der Waals surface area (Å²) in [5.74, 6) is 0.974.